The van der Waals surface area contributed by atoms with Crippen LogP contribution in [-0.4, -0.2) is 75.2 Å². The average molecular weight is 324 g/mol. The molecule has 1 N–H and O–H groups in total. The molecule has 0 aromatic rings. The van der Waals surface area contributed by atoms with Gasteiger partial charge in [-0.15, -0.1) is 0 Å². The van der Waals surface area contributed by atoms with E-state index in [2.05, 4.69) is 27.2 Å². The molecule has 0 bridgehead atoms. The highest BCUT2D eigenvalue weighted by atomic mass is 16.5. The number of piperidine rings is 2. The minimum Gasteiger partial charge on any atom is -0.466 e. The van der Waals surface area contributed by atoms with Gasteiger partial charge in [0.25, 0.3) is 0 Å². The van der Waals surface area contributed by atoms with E-state index in [1.807, 2.05) is 14.0 Å². The van der Waals surface area contributed by atoms with Gasteiger partial charge in [-0.05, 0) is 52.1 Å². The van der Waals surface area contributed by atoms with Crippen LogP contribution in [0.2, 0.25) is 0 Å². The zero-order valence-electron chi connectivity index (χ0n) is 14.9. The second-order valence-corrected chi connectivity index (χ2v) is 6.71. The van der Waals surface area contributed by atoms with Crippen molar-refractivity contribution in [3.05, 3.63) is 0 Å². The summed E-state index contributed by atoms with van der Waals surface area (Å²) in [6.45, 7) is 7.43. The molecule has 0 spiro atoms. The highest BCUT2D eigenvalue weighted by Gasteiger charge is 2.27. The molecule has 1 atom stereocenters. The van der Waals surface area contributed by atoms with Crippen LogP contribution in [0.25, 0.3) is 0 Å². The molecule has 0 radical (unpaired) electrons. The van der Waals surface area contributed by atoms with Crippen molar-refractivity contribution in [1.29, 1.82) is 0 Å². The van der Waals surface area contributed by atoms with Crippen LogP contribution >= 0.6 is 0 Å². The fourth-order valence-corrected chi connectivity index (χ4v) is 3.59. The minimum atomic E-state index is -0.0414. The lowest BCUT2D eigenvalue weighted by atomic mass is 9.97. The summed E-state index contributed by atoms with van der Waals surface area (Å²) in [6.07, 6.45) is 4.28. The Kier molecular flexibility index (Phi) is 7.15. The van der Waals surface area contributed by atoms with Crippen molar-refractivity contribution in [1.82, 2.24) is 15.1 Å². The van der Waals surface area contributed by atoms with Crippen molar-refractivity contribution in [3.63, 3.8) is 0 Å². The van der Waals surface area contributed by atoms with Crippen LogP contribution in [0, 0.1) is 11.8 Å². The van der Waals surface area contributed by atoms with Gasteiger partial charge in [0.15, 0.2) is 5.96 Å². The maximum absolute atomic E-state index is 11.8. The molecular weight excluding hydrogens is 292 g/mol. The molecule has 6 nitrogen and oxygen atoms in total. The van der Waals surface area contributed by atoms with Crippen molar-refractivity contribution in [3.8, 4) is 0 Å². The Balaban J connectivity index is 1.75. The molecule has 2 fully saturated rings. The topological polar surface area (TPSA) is 57.2 Å². The third-order valence-corrected chi connectivity index (χ3v) is 4.90. The summed E-state index contributed by atoms with van der Waals surface area (Å²) in [5.74, 6) is 1.68. The number of esters is 1. The van der Waals surface area contributed by atoms with Crippen LogP contribution in [0.1, 0.15) is 32.6 Å². The molecule has 0 aromatic heterocycles. The number of likely N-dealkylation sites (tertiary alicyclic amines) is 2. The Bertz CT molecular complexity index is 405. The first-order valence-corrected chi connectivity index (χ1v) is 8.94. The molecule has 0 aromatic carbocycles. The number of carbonyl (C=O) groups is 1. The van der Waals surface area contributed by atoms with E-state index in [1.165, 1.54) is 19.4 Å². The predicted octanol–water partition coefficient (Wildman–Crippen LogP) is 1.18. The number of aliphatic imine (C=N–C) groups is 1. The van der Waals surface area contributed by atoms with Gasteiger partial charge in [0.05, 0.1) is 12.5 Å². The lowest BCUT2D eigenvalue weighted by molar-refractivity contribution is -0.149. The Morgan fingerprint density at radius 1 is 1.26 bits per heavy atom. The summed E-state index contributed by atoms with van der Waals surface area (Å²) in [6, 6.07) is 0. The molecule has 0 aliphatic carbocycles. The van der Waals surface area contributed by atoms with Crippen LogP contribution in [0.5, 0.6) is 0 Å². The predicted molar refractivity (Wildman–Crippen MR) is 92.5 cm³/mol. The molecule has 2 rings (SSSR count). The Morgan fingerprint density at radius 3 is 2.61 bits per heavy atom. The zero-order chi connectivity index (χ0) is 16.7. The number of guanidine groups is 1. The van der Waals surface area contributed by atoms with E-state index in [-0.39, 0.29) is 11.9 Å². The summed E-state index contributed by atoms with van der Waals surface area (Å²) in [4.78, 5) is 20.9. The maximum atomic E-state index is 11.8. The average Bonchev–Trinajstić information content (AvgIpc) is 2.56. The number of carbonyl (C=O) groups excluding carboxylic acids is 1. The van der Waals surface area contributed by atoms with Crippen LogP contribution in [0.3, 0.4) is 0 Å². The van der Waals surface area contributed by atoms with E-state index in [1.54, 1.807) is 0 Å². The molecule has 23 heavy (non-hydrogen) atoms. The van der Waals surface area contributed by atoms with Gasteiger partial charge in [0, 0.05) is 33.2 Å². The second kappa shape index (κ2) is 9.11. The summed E-state index contributed by atoms with van der Waals surface area (Å²) in [5, 5.41) is 3.53. The SMILES string of the molecule is CCOC(=O)C1CCN(C(=NC)NCC2CCCN(C)C2)CC1. The van der Waals surface area contributed by atoms with E-state index in [0.29, 0.717) is 12.5 Å². The Labute approximate surface area is 140 Å². The summed E-state index contributed by atoms with van der Waals surface area (Å²) < 4.78 is 5.13. The van der Waals surface area contributed by atoms with E-state index >= 15 is 0 Å². The molecule has 0 saturated carbocycles. The first-order chi connectivity index (χ1) is 11.1. The van der Waals surface area contributed by atoms with Gasteiger partial charge in [-0.25, -0.2) is 0 Å². The van der Waals surface area contributed by atoms with Crippen LogP contribution in [-0.2, 0) is 9.53 Å². The van der Waals surface area contributed by atoms with Crippen molar-refractivity contribution >= 4 is 11.9 Å². The Hall–Kier alpha value is -1.30. The number of rotatable bonds is 4. The molecule has 2 aliphatic heterocycles. The number of hydrogen-bond acceptors (Lipinski definition) is 4. The summed E-state index contributed by atoms with van der Waals surface area (Å²) in [5.41, 5.74) is 0. The van der Waals surface area contributed by atoms with E-state index in [0.717, 1.165) is 45.0 Å². The monoisotopic (exact) mass is 324 g/mol. The van der Waals surface area contributed by atoms with Gasteiger partial charge in [-0.3, -0.25) is 9.79 Å². The van der Waals surface area contributed by atoms with Crippen molar-refractivity contribution in [2.24, 2.45) is 16.8 Å². The third kappa shape index (κ3) is 5.37. The molecule has 2 aliphatic rings. The number of nitrogens with zero attached hydrogens (tertiary/aromatic N) is 3. The highest BCUT2D eigenvalue weighted by Crippen LogP contribution is 2.19. The fraction of sp³-hybridized carbons (Fsp3) is 0.882. The van der Waals surface area contributed by atoms with Crippen molar-refractivity contribution in [2.45, 2.75) is 32.6 Å². The van der Waals surface area contributed by atoms with E-state index in [4.69, 9.17) is 4.74 Å². The van der Waals surface area contributed by atoms with Crippen LogP contribution < -0.4 is 5.32 Å². The number of nitrogens with one attached hydrogen (secondary N) is 1. The molecule has 2 heterocycles. The van der Waals surface area contributed by atoms with Gasteiger partial charge >= 0.3 is 5.97 Å². The quantitative estimate of drug-likeness (QED) is 0.478. The molecule has 0 amide bonds. The largest absolute Gasteiger partial charge is 0.466 e. The zero-order valence-corrected chi connectivity index (χ0v) is 14.9. The van der Waals surface area contributed by atoms with Crippen LogP contribution in [0.15, 0.2) is 4.99 Å². The lowest BCUT2D eigenvalue weighted by Gasteiger charge is -2.35. The van der Waals surface area contributed by atoms with Gasteiger partial charge in [0.1, 0.15) is 0 Å². The number of hydrogen-bond donors (Lipinski definition) is 1. The van der Waals surface area contributed by atoms with E-state index < -0.39 is 0 Å². The van der Waals surface area contributed by atoms with Gasteiger partial charge in [-0.1, -0.05) is 0 Å². The fourth-order valence-electron chi connectivity index (χ4n) is 3.59. The van der Waals surface area contributed by atoms with Crippen molar-refractivity contribution < 1.29 is 9.53 Å². The molecule has 6 heteroatoms. The maximum Gasteiger partial charge on any atom is 0.309 e. The van der Waals surface area contributed by atoms with Gasteiger partial charge in [0.2, 0.25) is 0 Å². The molecule has 1 unspecified atom stereocenters. The normalized spacial score (nSPS) is 24.6. The summed E-state index contributed by atoms with van der Waals surface area (Å²) >= 11 is 0. The molecular formula is C17H32N4O2. The molecule has 132 valence electrons. The second-order valence-electron chi connectivity index (χ2n) is 6.71. The molecule has 2 saturated heterocycles. The van der Waals surface area contributed by atoms with E-state index in [9.17, 15) is 4.79 Å². The first kappa shape index (κ1) is 18.0. The van der Waals surface area contributed by atoms with Gasteiger partial charge in [-0.2, -0.15) is 0 Å². The Morgan fingerprint density at radius 2 is 2.00 bits per heavy atom. The van der Waals surface area contributed by atoms with Crippen LogP contribution in [0.4, 0.5) is 0 Å². The minimum absolute atomic E-state index is 0.0414. The lowest BCUT2D eigenvalue weighted by Crippen LogP contribution is -2.48. The van der Waals surface area contributed by atoms with Gasteiger partial charge < -0.3 is 19.9 Å². The number of ether oxygens (including phenoxy) is 1. The summed E-state index contributed by atoms with van der Waals surface area (Å²) in [7, 11) is 4.04. The highest BCUT2D eigenvalue weighted by molar-refractivity contribution is 5.80. The standard InChI is InChI=1S/C17H32N4O2/c1-4-23-16(22)15-7-10-21(11-8-15)17(18-2)19-12-14-6-5-9-20(3)13-14/h14-15H,4-13H2,1-3H3,(H,18,19). The smallest absolute Gasteiger partial charge is 0.309 e. The first-order valence-electron chi connectivity index (χ1n) is 8.94. The third-order valence-electron chi connectivity index (χ3n) is 4.90. The van der Waals surface area contributed by atoms with Crippen molar-refractivity contribution in [2.75, 3.05) is 53.4 Å².